The number of rotatable bonds is 3. The van der Waals surface area contributed by atoms with Gasteiger partial charge in [-0.2, -0.15) is 11.3 Å². The molecule has 0 aliphatic carbocycles. The molecule has 3 nitrogen and oxygen atoms in total. The van der Waals surface area contributed by atoms with Gasteiger partial charge in [-0.15, -0.1) is 11.8 Å². The molecule has 5 heteroatoms. The lowest BCUT2D eigenvalue weighted by Crippen LogP contribution is -2.34. The Balaban J connectivity index is 1.58. The molecule has 1 atom stereocenters. The molecule has 1 saturated heterocycles. The van der Waals surface area contributed by atoms with Gasteiger partial charge >= 0.3 is 0 Å². The molecule has 0 radical (unpaired) electrons. The van der Waals surface area contributed by atoms with Crippen molar-refractivity contribution in [3.05, 3.63) is 46.5 Å². The molecule has 3 rings (SSSR count). The quantitative estimate of drug-likeness (QED) is 0.869. The molecule has 0 N–H and O–H groups in total. The van der Waals surface area contributed by atoms with E-state index in [0.717, 1.165) is 36.6 Å². The van der Waals surface area contributed by atoms with Gasteiger partial charge < -0.3 is 9.32 Å². The second-order valence-corrected chi connectivity index (χ2v) is 6.94. The van der Waals surface area contributed by atoms with Crippen LogP contribution >= 0.6 is 23.1 Å². The maximum atomic E-state index is 12.3. The lowest BCUT2D eigenvalue weighted by molar-refractivity contribution is -0.130. The summed E-state index contributed by atoms with van der Waals surface area (Å²) in [5.41, 5.74) is 1.12. The molecule has 0 saturated carbocycles. The number of hydrogen-bond donors (Lipinski definition) is 0. The summed E-state index contributed by atoms with van der Waals surface area (Å²) in [5, 5.41) is 4.45. The highest BCUT2D eigenvalue weighted by molar-refractivity contribution is 7.99. The van der Waals surface area contributed by atoms with Crippen LogP contribution in [0.1, 0.15) is 23.0 Å². The van der Waals surface area contributed by atoms with Gasteiger partial charge in [-0.05, 0) is 40.9 Å². The summed E-state index contributed by atoms with van der Waals surface area (Å²) in [4.78, 5) is 14.3. The number of amides is 1. The van der Waals surface area contributed by atoms with E-state index in [1.54, 1.807) is 17.6 Å². The maximum Gasteiger partial charge on any atom is 0.227 e. The molecule has 1 aliphatic rings. The van der Waals surface area contributed by atoms with Crippen molar-refractivity contribution in [3.8, 4) is 0 Å². The van der Waals surface area contributed by atoms with Crippen molar-refractivity contribution in [1.29, 1.82) is 0 Å². The third-order valence-electron chi connectivity index (χ3n) is 3.49. The van der Waals surface area contributed by atoms with E-state index in [-0.39, 0.29) is 5.91 Å². The molecule has 3 heterocycles. The number of thiophene rings is 1. The molecule has 20 heavy (non-hydrogen) atoms. The second-order valence-electron chi connectivity index (χ2n) is 4.85. The number of thioether (sulfide) groups is 1. The highest BCUT2D eigenvalue weighted by atomic mass is 32.2. The Hall–Kier alpha value is -1.20. The number of nitrogens with zero attached hydrogens (tertiary/aromatic N) is 1. The van der Waals surface area contributed by atoms with E-state index in [0.29, 0.717) is 11.7 Å². The lowest BCUT2D eigenvalue weighted by Gasteiger charge is -2.19. The molecule has 2 aromatic rings. The summed E-state index contributed by atoms with van der Waals surface area (Å²) in [6.07, 6.45) is 3.22. The maximum absolute atomic E-state index is 12.3. The van der Waals surface area contributed by atoms with Gasteiger partial charge in [-0.25, -0.2) is 0 Å². The van der Waals surface area contributed by atoms with E-state index >= 15 is 0 Å². The van der Waals surface area contributed by atoms with Gasteiger partial charge in [0, 0.05) is 18.8 Å². The van der Waals surface area contributed by atoms with Crippen molar-refractivity contribution >= 4 is 29.0 Å². The zero-order valence-corrected chi connectivity index (χ0v) is 12.8. The average molecular weight is 307 g/mol. The average Bonchev–Trinajstić information content (AvgIpc) is 3.09. The van der Waals surface area contributed by atoms with Gasteiger partial charge in [-0.3, -0.25) is 4.79 Å². The molecule has 0 aromatic carbocycles. The van der Waals surface area contributed by atoms with E-state index in [4.69, 9.17) is 4.42 Å². The Morgan fingerprint density at radius 2 is 2.35 bits per heavy atom. The summed E-state index contributed by atoms with van der Waals surface area (Å²) in [6, 6.07) is 5.99. The van der Waals surface area contributed by atoms with Crippen molar-refractivity contribution in [1.82, 2.24) is 4.90 Å². The first-order valence-electron chi connectivity index (χ1n) is 6.77. The summed E-state index contributed by atoms with van der Waals surface area (Å²) in [7, 11) is 0. The van der Waals surface area contributed by atoms with Gasteiger partial charge in [0.2, 0.25) is 5.91 Å². The minimum atomic E-state index is 0.240. The Morgan fingerprint density at radius 3 is 3.10 bits per heavy atom. The van der Waals surface area contributed by atoms with Crippen LogP contribution in [0.5, 0.6) is 0 Å². The minimum absolute atomic E-state index is 0.240. The highest BCUT2D eigenvalue weighted by Crippen LogP contribution is 2.34. The molecule has 0 spiro atoms. The third-order valence-corrected chi connectivity index (χ3v) is 5.51. The smallest absolute Gasteiger partial charge is 0.227 e. The van der Waals surface area contributed by atoms with E-state index in [1.807, 2.05) is 40.2 Å². The second kappa shape index (κ2) is 6.50. The fourth-order valence-corrected chi connectivity index (χ4v) is 4.25. The van der Waals surface area contributed by atoms with Gasteiger partial charge in [0.15, 0.2) is 0 Å². The largest absolute Gasteiger partial charge is 0.468 e. The number of carbonyl (C=O) groups excluding carboxylic acids is 1. The monoisotopic (exact) mass is 307 g/mol. The molecule has 1 amide bonds. The molecular weight excluding hydrogens is 290 g/mol. The van der Waals surface area contributed by atoms with E-state index < -0.39 is 0 Å². The fraction of sp³-hybridized carbons (Fsp3) is 0.400. The van der Waals surface area contributed by atoms with Crippen molar-refractivity contribution in [2.45, 2.75) is 18.1 Å². The summed E-state index contributed by atoms with van der Waals surface area (Å²) >= 11 is 3.53. The first-order chi connectivity index (χ1) is 9.83. The minimum Gasteiger partial charge on any atom is -0.468 e. The van der Waals surface area contributed by atoms with E-state index in [1.165, 1.54) is 0 Å². The van der Waals surface area contributed by atoms with Crippen LogP contribution in [0.3, 0.4) is 0 Å². The predicted octanol–water partition coefficient (Wildman–Crippen LogP) is 3.59. The number of hydrogen-bond acceptors (Lipinski definition) is 4. The van der Waals surface area contributed by atoms with Crippen molar-refractivity contribution in [3.63, 3.8) is 0 Å². The summed E-state index contributed by atoms with van der Waals surface area (Å²) in [5.74, 6) is 2.24. The zero-order valence-electron chi connectivity index (χ0n) is 11.2. The van der Waals surface area contributed by atoms with Crippen LogP contribution in [0.2, 0.25) is 0 Å². The highest BCUT2D eigenvalue weighted by Gasteiger charge is 2.23. The van der Waals surface area contributed by atoms with Gasteiger partial charge in [0.1, 0.15) is 5.76 Å². The van der Waals surface area contributed by atoms with Crippen LogP contribution < -0.4 is 0 Å². The van der Waals surface area contributed by atoms with Crippen LogP contribution in [-0.4, -0.2) is 29.6 Å². The molecule has 1 aliphatic heterocycles. The third kappa shape index (κ3) is 3.27. The Labute approximate surface area is 127 Å². The van der Waals surface area contributed by atoms with Crippen LogP contribution in [0.15, 0.2) is 39.6 Å². The van der Waals surface area contributed by atoms with Crippen LogP contribution in [-0.2, 0) is 11.2 Å². The zero-order chi connectivity index (χ0) is 13.8. The molecule has 2 aromatic heterocycles. The Kier molecular flexibility index (Phi) is 4.47. The van der Waals surface area contributed by atoms with Crippen LogP contribution in [0, 0.1) is 0 Å². The first-order valence-corrected chi connectivity index (χ1v) is 8.76. The molecule has 0 unspecified atom stereocenters. The Morgan fingerprint density at radius 1 is 1.40 bits per heavy atom. The van der Waals surface area contributed by atoms with Crippen molar-refractivity contribution in [2.75, 3.05) is 18.8 Å². The first kappa shape index (κ1) is 13.8. The predicted molar refractivity (Wildman–Crippen MR) is 83.1 cm³/mol. The number of furan rings is 1. The summed E-state index contributed by atoms with van der Waals surface area (Å²) < 4.78 is 5.49. The van der Waals surface area contributed by atoms with Crippen molar-refractivity contribution in [2.24, 2.45) is 0 Å². The van der Waals surface area contributed by atoms with E-state index in [9.17, 15) is 4.79 Å². The molecular formula is C15H17NO2S2. The topological polar surface area (TPSA) is 33.5 Å². The summed E-state index contributed by atoms with van der Waals surface area (Å²) in [6.45, 7) is 1.66. The normalized spacial score (nSPS) is 19.8. The van der Waals surface area contributed by atoms with Crippen LogP contribution in [0.4, 0.5) is 0 Å². The van der Waals surface area contributed by atoms with Crippen LogP contribution in [0.25, 0.3) is 0 Å². The van der Waals surface area contributed by atoms with Crippen molar-refractivity contribution < 1.29 is 9.21 Å². The fourth-order valence-electron chi connectivity index (χ4n) is 2.40. The standard InChI is InChI=1S/C15H17NO2S2/c17-15(10-12-4-8-19-11-12)16-5-3-14(20-9-6-16)13-2-1-7-18-13/h1-2,4,7-8,11,14H,3,5-6,9-10H2/t14-/m1/s1. The van der Waals surface area contributed by atoms with Gasteiger partial charge in [0.25, 0.3) is 0 Å². The molecule has 1 fully saturated rings. The van der Waals surface area contributed by atoms with Gasteiger partial charge in [-0.1, -0.05) is 0 Å². The lowest BCUT2D eigenvalue weighted by atomic mass is 10.2. The van der Waals surface area contributed by atoms with Gasteiger partial charge in [0.05, 0.1) is 17.9 Å². The molecule has 0 bridgehead atoms. The molecule has 106 valence electrons. The number of carbonyl (C=O) groups is 1. The SMILES string of the molecule is O=C(Cc1ccsc1)N1CCS[C@@H](c2ccco2)CC1. The Bertz CT molecular complexity index is 536. The van der Waals surface area contributed by atoms with E-state index in [2.05, 4.69) is 5.38 Å².